The highest BCUT2D eigenvalue weighted by molar-refractivity contribution is 7.92. The zero-order chi connectivity index (χ0) is 13.4. The lowest BCUT2D eigenvalue weighted by Gasteiger charge is -2.06. The first-order valence-electron chi connectivity index (χ1n) is 5.99. The van der Waals surface area contributed by atoms with E-state index in [1.54, 1.807) is 12.1 Å². The monoisotopic (exact) mass is 271 g/mol. The Labute approximate surface area is 109 Å². The Morgan fingerprint density at radius 1 is 1.17 bits per heavy atom. The van der Waals surface area contributed by atoms with Gasteiger partial charge in [0, 0.05) is 18.8 Å². The van der Waals surface area contributed by atoms with Crippen molar-refractivity contribution in [3.8, 4) is 0 Å². The van der Waals surface area contributed by atoms with Crippen LogP contribution >= 0.6 is 0 Å². The highest BCUT2D eigenvalue weighted by Crippen LogP contribution is 2.11. The van der Waals surface area contributed by atoms with Gasteiger partial charge in [0.25, 0.3) is 0 Å². The molecule has 1 aromatic carbocycles. The van der Waals surface area contributed by atoms with Gasteiger partial charge in [-0.05, 0) is 37.1 Å². The number of hydrogen-bond donors (Lipinski definition) is 3. The lowest BCUT2D eigenvalue weighted by atomic mass is 10.1. The van der Waals surface area contributed by atoms with Crippen LogP contribution < -0.4 is 15.8 Å². The summed E-state index contributed by atoms with van der Waals surface area (Å²) in [5, 5.41) is 3.23. The highest BCUT2D eigenvalue weighted by atomic mass is 32.2. The maximum Gasteiger partial charge on any atom is 0.229 e. The minimum Gasteiger partial charge on any atom is -0.329 e. The average molecular weight is 271 g/mol. The molecule has 102 valence electrons. The zero-order valence-electron chi connectivity index (χ0n) is 10.6. The Hall–Kier alpha value is -1.11. The van der Waals surface area contributed by atoms with Gasteiger partial charge in [-0.2, -0.15) is 0 Å². The number of anilines is 1. The van der Waals surface area contributed by atoms with Crippen LogP contribution in [0.4, 0.5) is 5.69 Å². The van der Waals surface area contributed by atoms with Gasteiger partial charge in [-0.1, -0.05) is 12.1 Å². The Balaban J connectivity index is 2.36. The second-order valence-electron chi connectivity index (χ2n) is 4.21. The number of nitrogens with one attached hydrogen (secondary N) is 2. The van der Waals surface area contributed by atoms with Crippen LogP contribution in [0.1, 0.15) is 12.0 Å². The summed E-state index contributed by atoms with van der Waals surface area (Å²) in [4.78, 5) is 0. The molecule has 6 heteroatoms. The van der Waals surface area contributed by atoms with Crippen LogP contribution in [-0.4, -0.2) is 34.3 Å². The molecular weight excluding hydrogens is 250 g/mol. The second kappa shape index (κ2) is 7.35. The van der Waals surface area contributed by atoms with E-state index in [4.69, 9.17) is 5.73 Å². The molecule has 1 aromatic rings. The van der Waals surface area contributed by atoms with E-state index in [1.807, 2.05) is 12.1 Å². The average Bonchev–Trinajstić information content (AvgIpc) is 2.29. The number of hydrogen-bond acceptors (Lipinski definition) is 4. The van der Waals surface area contributed by atoms with E-state index in [2.05, 4.69) is 10.0 Å². The molecule has 0 saturated heterocycles. The van der Waals surface area contributed by atoms with Crippen molar-refractivity contribution in [2.75, 3.05) is 30.6 Å². The molecule has 0 aliphatic rings. The summed E-state index contributed by atoms with van der Waals surface area (Å²) in [5.41, 5.74) is 7.17. The van der Waals surface area contributed by atoms with Crippen LogP contribution in [0.3, 0.4) is 0 Å². The Morgan fingerprint density at radius 3 is 2.39 bits per heavy atom. The SMILES string of the molecule is CS(=O)(=O)Nc1ccc(CCCNCCN)cc1. The molecule has 0 amide bonds. The van der Waals surface area contributed by atoms with Crippen LogP contribution in [0, 0.1) is 0 Å². The summed E-state index contributed by atoms with van der Waals surface area (Å²) in [5.74, 6) is 0. The summed E-state index contributed by atoms with van der Waals surface area (Å²) >= 11 is 0. The third-order valence-electron chi connectivity index (χ3n) is 2.40. The third kappa shape index (κ3) is 6.58. The summed E-state index contributed by atoms with van der Waals surface area (Å²) < 4.78 is 24.5. The molecule has 0 saturated carbocycles. The molecule has 0 radical (unpaired) electrons. The van der Waals surface area contributed by atoms with E-state index >= 15 is 0 Å². The summed E-state index contributed by atoms with van der Waals surface area (Å²) in [6, 6.07) is 7.44. The Bertz CT molecular complexity index is 443. The molecule has 0 aromatic heterocycles. The molecule has 0 fully saturated rings. The van der Waals surface area contributed by atoms with Gasteiger partial charge >= 0.3 is 0 Å². The van der Waals surface area contributed by atoms with Crippen molar-refractivity contribution >= 4 is 15.7 Å². The fourth-order valence-electron chi connectivity index (χ4n) is 1.60. The van der Waals surface area contributed by atoms with Gasteiger partial charge in [0.05, 0.1) is 6.26 Å². The van der Waals surface area contributed by atoms with Crippen molar-refractivity contribution in [1.29, 1.82) is 0 Å². The van der Waals surface area contributed by atoms with Crippen LogP contribution in [0.2, 0.25) is 0 Å². The molecule has 0 bridgehead atoms. The second-order valence-corrected chi connectivity index (χ2v) is 5.96. The van der Waals surface area contributed by atoms with E-state index < -0.39 is 10.0 Å². The molecule has 0 aliphatic carbocycles. The van der Waals surface area contributed by atoms with Gasteiger partial charge in [-0.3, -0.25) is 4.72 Å². The minimum absolute atomic E-state index is 0.600. The van der Waals surface area contributed by atoms with Crippen molar-refractivity contribution in [3.63, 3.8) is 0 Å². The van der Waals surface area contributed by atoms with E-state index in [-0.39, 0.29) is 0 Å². The van der Waals surface area contributed by atoms with Crippen LogP contribution in [-0.2, 0) is 16.4 Å². The number of benzene rings is 1. The number of rotatable bonds is 8. The Morgan fingerprint density at radius 2 is 1.83 bits per heavy atom. The van der Waals surface area contributed by atoms with Gasteiger partial charge in [-0.25, -0.2) is 8.42 Å². The predicted molar refractivity (Wildman–Crippen MR) is 75.2 cm³/mol. The number of aryl methyl sites for hydroxylation is 1. The third-order valence-corrected chi connectivity index (χ3v) is 3.00. The smallest absolute Gasteiger partial charge is 0.229 e. The molecular formula is C12H21N3O2S. The van der Waals surface area contributed by atoms with Gasteiger partial charge in [0.2, 0.25) is 10.0 Å². The summed E-state index contributed by atoms with van der Waals surface area (Å²) in [6.45, 7) is 2.45. The topological polar surface area (TPSA) is 84.2 Å². The summed E-state index contributed by atoms with van der Waals surface area (Å²) in [7, 11) is -3.19. The lowest BCUT2D eigenvalue weighted by molar-refractivity contribution is 0.607. The van der Waals surface area contributed by atoms with Crippen LogP contribution in [0.25, 0.3) is 0 Å². The first-order valence-corrected chi connectivity index (χ1v) is 7.88. The highest BCUT2D eigenvalue weighted by Gasteiger charge is 2.01. The van der Waals surface area contributed by atoms with Crippen LogP contribution in [0.5, 0.6) is 0 Å². The number of nitrogens with two attached hydrogens (primary N) is 1. The largest absolute Gasteiger partial charge is 0.329 e. The predicted octanol–water partition coefficient (Wildman–Crippen LogP) is 0.539. The van der Waals surface area contributed by atoms with Crippen molar-refractivity contribution < 1.29 is 8.42 Å². The maximum absolute atomic E-state index is 11.0. The molecule has 0 unspecified atom stereocenters. The van der Waals surface area contributed by atoms with Gasteiger partial charge < -0.3 is 11.1 Å². The van der Waals surface area contributed by atoms with Crippen molar-refractivity contribution in [3.05, 3.63) is 29.8 Å². The summed E-state index contributed by atoms with van der Waals surface area (Å²) in [6.07, 6.45) is 3.15. The number of sulfonamides is 1. The fourth-order valence-corrected chi connectivity index (χ4v) is 2.16. The Kier molecular flexibility index (Phi) is 6.11. The van der Waals surface area contributed by atoms with E-state index in [1.165, 1.54) is 5.56 Å². The molecule has 18 heavy (non-hydrogen) atoms. The first kappa shape index (κ1) is 14.9. The van der Waals surface area contributed by atoms with Crippen LogP contribution in [0.15, 0.2) is 24.3 Å². The lowest BCUT2D eigenvalue weighted by Crippen LogP contribution is -2.23. The normalized spacial score (nSPS) is 11.4. The molecule has 4 N–H and O–H groups in total. The molecule has 0 heterocycles. The van der Waals surface area contributed by atoms with Crippen molar-refractivity contribution in [2.24, 2.45) is 5.73 Å². The first-order chi connectivity index (χ1) is 8.51. The molecule has 1 rings (SSSR count). The molecule has 0 aliphatic heterocycles. The zero-order valence-corrected chi connectivity index (χ0v) is 11.5. The molecule has 0 atom stereocenters. The van der Waals surface area contributed by atoms with E-state index in [9.17, 15) is 8.42 Å². The quantitative estimate of drug-likeness (QED) is 0.603. The standard InChI is InChI=1S/C12H21N3O2S/c1-18(16,17)15-12-6-4-11(5-7-12)3-2-9-14-10-8-13/h4-7,14-15H,2-3,8-10,13H2,1H3. The van der Waals surface area contributed by atoms with Gasteiger partial charge in [0.1, 0.15) is 0 Å². The molecule has 0 spiro atoms. The minimum atomic E-state index is -3.19. The maximum atomic E-state index is 11.0. The van der Waals surface area contributed by atoms with Gasteiger partial charge in [0.15, 0.2) is 0 Å². The van der Waals surface area contributed by atoms with Crippen molar-refractivity contribution in [2.45, 2.75) is 12.8 Å². The molecule has 5 nitrogen and oxygen atoms in total. The fraction of sp³-hybridized carbons (Fsp3) is 0.500. The van der Waals surface area contributed by atoms with Gasteiger partial charge in [-0.15, -0.1) is 0 Å². The van der Waals surface area contributed by atoms with E-state index in [0.717, 1.165) is 32.2 Å². The van der Waals surface area contributed by atoms with Crippen molar-refractivity contribution in [1.82, 2.24) is 5.32 Å². The van der Waals surface area contributed by atoms with E-state index in [0.29, 0.717) is 12.2 Å².